The number of nitrogens with zero attached hydrogens (tertiary/aromatic N) is 2. The van der Waals surface area contributed by atoms with Gasteiger partial charge in [-0.3, -0.25) is 19.9 Å². The Bertz CT molecular complexity index is 940. The number of pyridine rings is 1. The largest absolute Gasteiger partial charge is 0.490 e. The van der Waals surface area contributed by atoms with Crippen LogP contribution in [0, 0.1) is 10.1 Å². The molecule has 120 valence electrons. The van der Waals surface area contributed by atoms with Crippen molar-refractivity contribution in [1.29, 1.82) is 0 Å². The van der Waals surface area contributed by atoms with E-state index in [9.17, 15) is 14.9 Å². The number of anilines is 1. The number of hydrogen-bond acceptors (Lipinski definition) is 5. The van der Waals surface area contributed by atoms with Gasteiger partial charge in [0.2, 0.25) is 0 Å². The second-order valence-corrected chi connectivity index (χ2v) is 5.01. The molecule has 0 unspecified atom stereocenters. The second kappa shape index (κ2) is 6.33. The zero-order chi connectivity index (χ0) is 17.1. The molecule has 0 saturated carbocycles. The van der Waals surface area contributed by atoms with Gasteiger partial charge in [-0.25, -0.2) is 0 Å². The van der Waals surface area contributed by atoms with E-state index >= 15 is 0 Å². The Labute approximate surface area is 137 Å². The highest BCUT2D eigenvalue weighted by atomic mass is 16.6. The van der Waals surface area contributed by atoms with E-state index < -0.39 is 10.8 Å². The van der Waals surface area contributed by atoms with Crippen molar-refractivity contribution >= 4 is 28.2 Å². The minimum absolute atomic E-state index is 0.101. The third-order valence-corrected chi connectivity index (χ3v) is 3.49. The van der Waals surface area contributed by atoms with Crippen LogP contribution in [0.5, 0.6) is 5.75 Å². The molecule has 0 aliphatic rings. The van der Waals surface area contributed by atoms with Crippen molar-refractivity contribution in [3.63, 3.8) is 0 Å². The quantitative estimate of drug-likeness (QED) is 0.586. The lowest BCUT2D eigenvalue weighted by molar-refractivity contribution is -0.385. The number of rotatable bonds is 4. The van der Waals surface area contributed by atoms with Crippen molar-refractivity contribution in [2.45, 2.75) is 0 Å². The van der Waals surface area contributed by atoms with Gasteiger partial charge in [0, 0.05) is 17.0 Å². The van der Waals surface area contributed by atoms with Crippen molar-refractivity contribution in [2.24, 2.45) is 0 Å². The number of nitro benzene ring substituents is 1. The van der Waals surface area contributed by atoms with Gasteiger partial charge in [0.05, 0.1) is 29.4 Å². The fourth-order valence-electron chi connectivity index (χ4n) is 2.32. The van der Waals surface area contributed by atoms with Crippen LogP contribution in [0.4, 0.5) is 11.4 Å². The van der Waals surface area contributed by atoms with Gasteiger partial charge in [0.15, 0.2) is 5.75 Å². The van der Waals surface area contributed by atoms with Crippen LogP contribution in [0.25, 0.3) is 10.9 Å². The monoisotopic (exact) mass is 323 g/mol. The number of carbonyl (C=O) groups is 1. The fourth-order valence-corrected chi connectivity index (χ4v) is 2.32. The maximum atomic E-state index is 12.3. The van der Waals surface area contributed by atoms with Crippen LogP contribution in [0.3, 0.4) is 0 Å². The molecule has 7 heteroatoms. The molecule has 3 aromatic rings. The van der Waals surface area contributed by atoms with Crippen molar-refractivity contribution in [3.05, 3.63) is 70.4 Å². The maximum absolute atomic E-state index is 12.3. The highest BCUT2D eigenvalue weighted by Crippen LogP contribution is 2.28. The van der Waals surface area contributed by atoms with Gasteiger partial charge in [0.1, 0.15) is 0 Å². The first-order valence-corrected chi connectivity index (χ1v) is 7.07. The number of aromatic nitrogens is 1. The summed E-state index contributed by atoms with van der Waals surface area (Å²) in [6.07, 6.45) is 1.54. The van der Waals surface area contributed by atoms with Crippen LogP contribution >= 0.6 is 0 Å². The highest BCUT2D eigenvalue weighted by molar-refractivity contribution is 6.05. The summed E-state index contributed by atoms with van der Waals surface area (Å²) in [7, 11) is 1.34. The average molecular weight is 323 g/mol. The van der Waals surface area contributed by atoms with Crippen molar-refractivity contribution < 1.29 is 14.5 Å². The molecule has 0 saturated heterocycles. The Hall–Kier alpha value is -3.48. The van der Waals surface area contributed by atoms with E-state index in [-0.39, 0.29) is 17.0 Å². The van der Waals surface area contributed by atoms with Gasteiger partial charge in [-0.15, -0.1) is 0 Å². The van der Waals surface area contributed by atoms with Crippen molar-refractivity contribution in [2.75, 3.05) is 12.4 Å². The van der Waals surface area contributed by atoms with E-state index in [2.05, 4.69) is 10.3 Å². The number of amides is 1. The van der Waals surface area contributed by atoms with Crippen LogP contribution in [-0.4, -0.2) is 22.9 Å². The fraction of sp³-hybridized carbons (Fsp3) is 0.0588. The number of fused-ring (bicyclic) bond motifs is 1. The third-order valence-electron chi connectivity index (χ3n) is 3.49. The zero-order valence-corrected chi connectivity index (χ0v) is 12.7. The Kier molecular flexibility index (Phi) is 4.07. The summed E-state index contributed by atoms with van der Waals surface area (Å²) < 4.78 is 4.92. The number of nitrogens with one attached hydrogen (secondary N) is 1. The summed E-state index contributed by atoms with van der Waals surface area (Å²) >= 11 is 0. The molecule has 0 aliphatic carbocycles. The molecule has 2 aromatic carbocycles. The van der Waals surface area contributed by atoms with E-state index in [0.29, 0.717) is 5.69 Å². The average Bonchev–Trinajstić information content (AvgIpc) is 2.61. The van der Waals surface area contributed by atoms with Crippen LogP contribution in [0.1, 0.15) is 10.4 Å². The molecule has 1 aromatic heterocycles. The van der Waals surface area contributed by atoms with Gasteiger partial charge in [-0.1, -0.05) is 18.2 Å². The van der Waals surface area contributed by atoms with E-state index in [0.717, 1.165) is 10.9 Å². The number of methoxy groups -OCH3 is 1. The molecule has 0 bridgehead atoms. The third kappa shape index (κ3) is 3.00. The minimum Gasteiger partial charge on any atom is -0.490 e. The Morgan fingerprint density at radius 2 is 2.00 bits per heavy atom. The van der Waals surface area contributed by atoms with Crippen LogP contribution in [0.15, 0.2) is 54.7 Å². The van der Waals surface area contributed by atoms with Gasteiger partial charge in [-0.2, -0.15) is 0 Å². The molecule has 1 N–H and O–H groups in total. The molecule has 0 fully saturated rings. The van der Waals surface area contributed by atoms with E-state index in [1.807, 2.05) is 24.3 Å². The number of benzene rings is 2. The normalized spacial score (nSPS) is 10.4. The summed E-state index contributed by atoms with van der Waals surface area (Å²) in [6, 6.07) is 13.3. The lowest BCUT2D eigenvalue weighted by Gasteiger charge is -2.07. The van der Waals surface area contributed by atoms with E-state index in [4.69, 9.17) is 4.74 Å². The topological polar surface area (TPSA) is 94.4 Å². The summed E-state index contributed by atoms with van der Waals surface area (Å²) in [5.74, 6) is -0.359. The van der Waals surface area contributed by atoms with Gasteiger partial charge < -0.3 is 10.1 Å². The molecule has 0 radical (unpaired) electrons. The SMILES string of the molecule is COc1ccc(C(=O)Nc2cnc3ccccc3c2)cc1[N+](=O)[O-]. The van der Waals surface area contributed by atoms with Gasteiger partial charge in [-0.05, 0) is 24.3 Å². The molecule has 0 atom stereocenters. The van der Waals surface area contributed by atoms with Crippen molar-refractivity contribution in [1.82, 2.24) is 4.98 Å². The number of nitro groups is 1. The van der Waals surface area contributed by atoms with Crippen LogP contribution < -0.4 is 10.1 Å². The predicted octanol–water partition coefficient (Wildman–Crippen LogP) is 3.40. The van der Waals surface area contributed by atoms with Crippen molar-refractivity contribution in [3.8, 4) is 5.75 Å². The highest BCUT2D eigenvalue weighted by Gasteiger charge is 2.18. The van der Waals surface area contributed by atoms with Crippen LogP contribution in [0.2, 0.25) is 0 Å². The Morgan fingerprint density at radius 1 is 1.21 bits per heavy atom. The molecule has 1 amide bonds. The smallest absolute Gasteiger partial charge is 0.311 e. The summed E-state index contributed by atoms with van der Waals surface area (Å²) in [5.41, 5.74) is 1.23. The Morgan fingerprint density at radius 3 is 2.75 bits per heavy atom. The maximum Gasteiger partial charge on any atom is 0.311 e. The molecule has 3 rings (SSSR count). The number of hydrogen-bond donors (Lipinski definition) is 1. The predicted molar refractivity (Wildman–Crippen MR) is 89.3 cm³/mol. The Balaban J connectivity index is 1.88. The van der Waals surface area contributed by atoms with E-state index in [1.165, 1.54) is 31.5 Å². The summed E-state index contributed by atoms with van der Waals surface area (Å²) in [4.78, 5) is 27.0. The minimum atomic E-state index is -0.590. The number of carbonyl (C=O) groups excluding carboxylic acids is 1. The van der Waals surface area contributed by atoms with Gasteiger partial charge in [0.25, 0.3) is 5.91 Å². The second-order valence-electron chi connectivity index (χ2n) is 5.01. The lowest BCUT2D eigenvalue weighted by atomic mass is 10.1. The first kappa shape index (κ1) is 15.4. The van der Waals surface area contributed by atoms with Gasteiger partial charge >= 0.3 is 5.69 Å². The number of para-hydroxylation sites is 1. The molecule has 7 nitrogen and oxygen atoms in total. The molecule has 24 heavy (non-hydrogen) atoms. The standard InChI is InChI=1S/C17H13N3O4/c1-24-16-7-6-12(9-15(16)20(22)23)17(21)19-13-8-11-4-2-3-5-14(11)18-10-13/h2-10H,1H3,(H,19,21). The summed E-state index contributed by atoms with van der Waals surface area (Å²) in [6.45, 7) is 0. The molecule has 1 heterocycles. The zero-order valence-electron chi connectivity index (χ0n) is 12.7. The molecular weight excluding hydrogens is 310 g/mol. The number of ether oxygens (including phenoxy) is 1. The molecule has 0 aliphatic heterocycles. The molecule has 0 spiro atoms. The first-order valence-electron chi connectivity index (χ1n) is 7.07. The summed E-state index contributed by atoms with van der Waals surface area (Å²) in [5, 5.41) is 14.6. The first-order chi connectivity index (χ1) is 11.6. The molecular formula is C17H13N3O4. The van der Waals surface area contributed by atoms with Crippen LogP contribution in [-0.2, 0) is 0 Å². The lowest BCUT2D eigenvalue weighted by Crippen LogP contribution is -2.12. The van der Waals surface area contributed by atoms with E-state index in [1.54, 1.807) is 6.07 Å².